The van der Waals surface area contributed by atoms with Gasteiger partial charge in [-0.1, -0.05) is 17.7 Å². The molecule has 37 heavy (non-hydrogen) atoms. The molecular weight excluding hydrogens is 566 g/mol. The number of fused-ring (bicyclic) bond motifs is 2. The zero-order valence-corrected chi connectivity index (χ0v) is 23.6. The van der Waals surface area contributed by atoms with Crippen LogP contribution in [0, 0.1) is 13.8 Å². The molecule has 1 aromatic carbocycles. The first kappa shape index (κ1) is 26.2. The van der Waals surface area contributed by atoms with E-state index in [4.69, 9.17) is 18.4 Å². The van der Waals surface area contributed by atoms with Crippen LogP contribution in [0.25, 0.3) is 5.52 Å². The lowest BCUT2D eigenvalue weighted by molar-refractivity contribution is -0.214. The molecule has 0 aliphatic carbocycles. The van der Waals surface area contributed by atoms with E-state index in [1.807, 2.05) is 27.1 Å². The van der Waals surface area contributed by atoms with E-state index in [1.165, 1.54) is 12.4 Å². The molecule has 2 aliphatic heterocycles. The number of aryl methyl sites for hydroxylation is 2. The molecule has 2 aliphatic rings. The van der Waals surface area contributed by atoms with Gasteiger partial charge in [-0.2, -0.15) is 13.5 Å². The zero-order chi connectivity index (χ0) is 26.7. The molecule has 2 aromatic heterocycles. The second kappa shape index (κ2) is 9.40. The molecule has 13 heteroatoms. The van der Waals surface area contributed by atoms with Crippen molar-refractivity contribution >= 4 is 43.7 Å². The maximum absolute atomic E-state index is 13.2. The zero-order valence-electron chi connectivity index (χ0n) is 21.2. The average molecular weight is 594 g/mol. The Balaban J connectivity index is 1.52. The molecule has 0 amide bonds. The van der Waals surface area contributed by atoms with E-state index in [2.05, 4.69) is 31.0 Å². The van der Waals surface area contributed by atoms with Gasteiger partial charge in [-0.3, -0.25) is 0 Å². The van der Waals surface area contributed by atoms with Crippen molar-refractivity contribution < 1.29 is 26.8 Å². The van der Waals surface area contributed by atoms with Crippen LogP contribution in [0.15, 0.2) is 45.0 Å². The van der Waals surface area contributed by atoms with Gasteiger partial charge in [-0.15, -0.1) is 0 Å². The molecule has 11 nitrogen and oxygen atoms in total. The molecule has 0 N–H and O–H groups in total. The molecule has 2 saturated heterocycles. The first-order valence-corrected chi connectivity index (χ1v) is 13.8. The number of nitrogens with zero attached hydrogens (tertiary/aromatic N) is 5. The molecule has 4 atom stereocenters. The summed E-state index contributed by atoms with van der Waals surface area (Å²) >= 11 is 3.58. The lowest BCUT2D eigenvalue weighted by atomic mass is 10.1. The number of benzene rings is 1. The highest BCUT2D eigenvalue weighted by Crippen LogP contribution is 2.47. The largest absolute Gasteiger partial charge is 0.369 e. The van der Waals surface area contributed by atoms with Crippen molar-refractivity contribution in [1.82, 2.24) is 19.5 Å². The van der Waals surface area contributed by atoms with Crippen molar-refractivity contribution in [1.29, 1.82) is 0 Å². The van der Waals surface area contributed by atoms with Crippen LogP contribution < -0.4 is 0 Å². The van der Waals surface area contributed by atoms with E-state index >= 15 is 0 Å². The van der Waals surface area contributed by atoms with Crippen LogP contribution in [-0.4, -0.2) is 72.6 Å². The van der Waals surface area contributed by atoms with E-state index in [0.29, 0.717) is 27.1 Å². The van der Waals surface area contributed by atoms with Gasteiger partial charge >= 0.3 is 0 Å². The van der Waals surface area contributed by atoms with Gasteiger partial charge in [0.1, 0.15) is 30.2 Å². The third-order valence-corrected chi connectivity index (χ3v) is 8.10. The van der Waals surface area contributed by atoms with Crippen LogP contribution in [0.3, 0.4) is 0 Å². The minimum absolute atomic E-state index is 0.0758. The Morgan fingerprint density at radius 1 is 1.19 bits per heavy atom. The van der Waals surface area contributed by atoms with Crippen molar-refractivity contribution in [3.05, 3.63) is 51.9 Å². The molecule has 3 aromatic rings. The van der Waals surface area contributed by atoms with Gasteiger partial charge in [0.2, 0.25) is 6.29 Å². The molecule has 0 bridgehead atoms. The topological polar surface area (TPSA) is 117 Å². The molecular formula is C24H28BrN5O6S. The molecule has 2 fully saturated rings. The van der Waals surface area contributed by atoms with Crippen molar-refractivity contribution in [3.8, 4) is 0 Å². The van der Waals surface area contributed by atoms with Gasteiger partial charge < -0.3 is 19.1 Å². The maximum Gasteiger partial charge on any atom is 0.299 e. The van der Waals surface area contributed by atoms with Crippen molar-refractivity contribution in [2.24, 2.45) is 4.99 Å². The molecule has 5 rings (SSSR count). The Hall–Kier alpha value is -2.42. The Bertz CT molecular complexity index is 1490. The van der Waals surface area contributed by atoms with Gasteiger partial charge in [0.25, 0.3) is 10.1 Å². The summed E-state index contributed by atoms with van der Waals surface area (Å²) in [6, 6.07) is 6.87. The van der Waals surface area contributed by atoms with Gasteiger partial charge in [0, 0.05) is 18.6 Å². The average Bonchev–Trinajstić information content (AvgIpc) is 3.41. The number of ether oxygens (including phenoxy) is 3. The number of rotatable bonds is 6. The SMILES string of the molecule is Cc1ccc(S(=O)(=O)O[C@H]2O[C@@H](c3cc(Br)c4c(N=CN(C)C)ncnn34)[C@@H]3OC(C)(C)O[C@@H]23)c(C)c1. The summed E-state index contributed by atoms with van der Waals surface area (Å²) < 4.78 is 52.9. The van der Waals surface area contributed by atoms with Gasteiger partial charge in [-0.05, 0) is 61.3 Å². The minimum atomic E-state index is -4.16. The van der Waals surface area contributed by atoms with E-state index in [1.54, 1.807) is 48.7 Å². The van der Waals surface area contributed by atoms with Crippen LogP contribution in [0.1, 0.15) is 36.8 Å². The van der Waals surface area contributed by atoms with Crippen molar-refractivity contribution in [2.75, 3.05) is 14.1 Å². The van der Waals surface area contributed by atoms with E-state index in [0.717, 1.165) is 5.56 Å². The number of halogens is 1. The fourth-order valence-electron chi connectivity index (χ4n) is 4.61. The summed E-state index contributed by atoms with van der Waals surface area (Å²) in [6.07, 6.45) is -0.389. The van der Waals surface area contributed by atoms with Gasteiger partial charge in [0.15, 0.2) is 11.6 Å². The smallest absolute Gasteiger partial charge is 0.299 e. The summed E-state index contributed by atoms with van der Waals surface area (Å²) in [5, 5.41) is 4.40. The Morgan fingerprint density at radius 2 is 1.92 bits per heavy atom. The molecule has 0 spiro atoms. The van der Waals surface area contributed by atoms with Crippen LogP contribution in [0.2, 0.25) is 0 Å². The van der Waals surface area contributed by atoms with Crippen LogP contribution >= 0.6 is 15.9 Å². The fraction of sp³-hybridized carbons (Fsp3) is 0.458. The first-order valence-electron chi connectivity index (χ1n) is 11.6. The number of aromatic nitrogens is 3. The number of aliphatic imine (C=N–C) groups is 1. The predicted molar refractivity (Wildman–Crippen MR) is 138 cm³/mol. The molecule has 0 radical (unpaired) electrons. The maximum atomic E-state index is 13.2. The first-order chi connectivity index (χ1) is 17.4. The van der Waals surface area contributed by atoms with Crippen molar-refractivity contribution in [2.45, 2.75) is 63.0 Å². The quantitative estimate of drug-likeness (QED) is 0.240. The number of hydrogen-bond donors (Lipinski definition) is 0. The van der Waals surface area contributed by atoms with E-state index in [9.17, 15) is 8.42 Å². The Labute approximate surface area is 223 Å². The van der Waals surface area contributed by atoms with E-state index < -0.39 is 40.5 Å². The summed E-state index contributed by atoms with van der Waals surface area (Å²) in [7, 11) is -0.439. The molecule has 0 unspecified atom stereocenters. The van der Waals surface area contributed by atoms with Crippen LogP contribution in [0.5, 0.6) is 0 Å². The third-order valence-electron chi connectivity index (χ3n) is 6.05. The minimum Gasteiger partial charge on any atom is -0.369 e. The molecule has 4 heterocycles. The fourth-order valence-corrected chi connectivity index (χ4v) is 6.39. The normalized spacial score (nSPS) is 25.3. The molecule has 0 saturated carbocycles. The number of hydrogen-bond acceptors (Lipinski definition) is 9. The third kappa shape index (κ3) is 4.91. The standard InChI is InChI=1S/C24H28BrN5O6S/c1-13-7-8-17(14(2)9-13)37(31,32)36-23-21-20(34-24(3,4)35-21)19(33-23)16-10-15(25)18-22(27-12-29(5)6)26-11-28-30(16)18/h7-12,19-21,23H,1-6H3/t19-,20-,21+,23+/m0/s1. The molecule has 198 valence electrons. The Morgan fingerprint density at radius 3 is 2.62 bits per heavy atom. The summed E-state index contributed by atoms with van der Waals surface area (Å²) in [4.78, 5) is 10.6. The van der Waals surface area contributed by atoms with Gasteiger partial charge in [-0.25, -0.2) is 18.7 Å². The highest BCUT2D eigenvalue weighted by molar-refractivity contribution is 9.10. The van der Waals surface area contributed by atoms with Gasteiger partial charge in [0.05, 0.1) is 16.9 Å². The lowest BCUT2D eigenvalue weighted by Gasteiger charge is -2.24. The summed E-state index contributed by atoms with van der Waals surface area (Å²) in [5.41, 5.74) is 2.77. The monoisotopic (exact) mass is 593 g/mol. The highest BCUT2D eigenvalue weighted by Gasteiger charge is 2.58. The van der Waals surface area contributed by atoms with E-state index in [-0.39, 0.29) is 4.90 Å². The van der Waals surface area contributed by atoms with Crippen LogP contribution in [-0.2, 0) is 28.5 Å². The Kier molecular flexibility index (Phi) is 6.66. The predicted octanol–water partition coefficient (Wildman–Crippen LogP) is 3.65. The lowest BCUT2D eigenvalue weighted by Crippen LogP contribution is -2.33. The second-order valence-electron chi connectivity index (χ2n) is 9.78. The summed E-state index contributed by atoms with van der Waals surface area (Å²) in [6.45, 7) is 7.15. The highest BCUT2D eigenvalue weighted by atomic mass is 79.9. The van der Waals surface area contributed by atoms with Crippen LogP contribution in [0.4, 0.5) is 5.82 Å². The van der Waals surface area contributed by atoms with Crippen molar-refractivity contribution in [3.63, 3.8) is 0 Å². The summed E-state index contributed by atoms with van der Waals surface area (Å²) in [5.74, 6) is -0.520. The second-order valence-corrected chi connectivity index (χ2v) is 12.2.